The number of amides is 3. The fourth-order valence-electron chi connectivity index (χ4n) is 0.918. The van der Waals surface area contributed by atoms with Crippen LogP contribution in [0.15, 0.2) is 0 Å². The summed E-state index contributed by atoms with van der Waals surface area (Å²) in [5.74, 6) is -1.55. The van der Waals surface area contributed by atoms with Gasteiger partial charge in [-0.05, 0) is 0 Å². The lowest BCUT2D eigenvalue weighted by Crippen LogP contribution is -2.40. The van der Waals surface area contributed by atoms with E-state index in [2.05, 4.69) is 10.6 Å². The molecule has 4 N–H and O–H groups in total. The maximum atomic E-state index is 11.5. The standard InChI is InChI=1S/C10H19N3O3/c1-6(9(11)15)4-13-10(16)7(2)5-12-8(3)14/h6-7H,4-5H2,1-3H3,(H2,11,15)(H,12,14)(H,13,16)/t6-,7-/m0/s1. The van der Waals surface area contributed by atoms with Crippen LogP contribution in [-0.2, 0) is 14.4 Å². The van der Waals surface area contributed by atoms with E-state index < -0.39 is 11.8 Å². The zero-order valence-electron chi connectivity index (χ0n) is 9.87. The molecule has 6 heteroatoms. The molecular formula is C10H19N3O3. The summed E-state index contributed by atoms with van der Waals surface area (Å²) in [6.07, 6.45) is 0. The molecule has 0 aromatic rings. The fraction of sp³-hybridized carbons (Fsp3) is 0.700. The van der Waals surface area contributed by atoms with Crippen LogP contribution in [0, 0.1) is 11.8 Å². The lowest BCUT2D eigenvalue weighted by Gasteiger charge is -2.14. The normalized spacial score (nSPS) is 13.7. The fourth-order valence-corrected chi connectivity index (χ4v) is 0.918. The number of hydrogen-bond donors (Lipinski definition) is 3. The van der Waals surface area contributed by atoms with Gasteiger partial charge in [-0.25, -0.2) is 0 Å². The van der Waals surface area contributed by atoms with Crippen LogP contribution < -0.4 is 16.4 Å². The molecule has 0 saturated heterocycles. The van der Waals surface area contributed by atoms with Crippen molar-refractivity contribution in [2.45, 2.75) is 20.8 Å². The molecule has 0 aliphatic carbocycles. The highest BCUT2D eigenvalue weighted by atomic mass is 16.2. The molecule has 0 bridgehead atoms. The zero-order chi connectivity index (χ0) is 12.7. The van der Waals surface area contributed by atoms with Gasteiger partial charge in [-0.1, -0.05) is 13.8 Å². The van der Waals surface area contributed by atoms with E-state index in [9.17, 15) is 14.4 Å². The average molecular weight is 229 g/mol. The van der Waals surface area contributed by atoms with Gasteiger partial charge in [-0.15, -0.1) is 0 Å². The topological polar surface area (TPSA) is 101 Å². The van der Waals surface area contributed by atoms with E-state index in [1.54, 1.807) is 13.8 Å². The minimum absolute atomic E-state index is 0.176. The van der Waals surface area contributed by atoms with Gasteiger partial charge in [0, 0.05) is 20.0 Å². The highest BCUT2D eigenvalue weighted by Gasteiger charge is 2.15. The molecule has 0 unspecified atom stereocenters. The van der Waals surface area contributed by atoms with Crippen molar-refractivity contribution in [3.8, 4) is 0 Å². The number of primary amides is 1. The van der Waals surface area contributed by atoms with Gasteiger partial charge >= 0.3 is 0 Å². The summed E-state index contributed by atoms with van der Waals surface area (Å²) in [6.45, 7) is 5.23. The summed E-state index contributed by atoms with van der Waals surface area (Å²) in [5.41, 5.74) is 5.05. The Morgan fingerprint density at radius 1 is 1.06 bits per heavy atom. The molecule has 92 valence electrons. The van der Waals surface area contributed by atoms with Crippen molar-refractivity contribution in [2.75, 3.05) is 13.1 Å². The van der Waals surface area contributed by atoms with Gasteiger partial charge in [-0.3, -0.25) is 14.4 Å². The van der Waals surface area contributed by atoms with Crippen LogP contribution in [0.25, 0.3) is 0 Å². The third kappa shape index (κ3) is 6.00. The molecule has 0 aromatic carbocycles. The van der Waals surface area contributed by atoms with E-state index in [-0.39, 0.29) is 30.8 Å². The van der Waals surface area contributed by atoms with E-state index in [1.807, 2.05) is 0 Å². The molecule has 2 atom stereocenters. The van der Waals surface area contributed by atoms with Crippen molar-refractivity contribution < 1.29 is 14.4 Å². The molecule has 0 rings (SSSR count). The number of carbonyl (C=O) groups is 3. The van der Waals surface area contributed by atoms with Crippen molar-refractivity contribution in [1.29, 1.82) is 0 Å². The van der Waals surface area contributed by atoms with Gasteiger partial charge in [0.05, 0.1) is 11.8 Å². The summed E-state index contributed by atoms with van der Waals surface area (Å²) < 4.78 is 0. The molecule has 6 nitrogen and oxygen atoms in total. The van der Waals surface area contributed by atoms with E-state index in [4.69, 9.17) is 5.73 Å². The second kappa shape index (κ2) is 6.81. The van der Waals surface area contributed by atoms with Gasteiger partial charge in [0.25, 0.3) is 0 Å². The zero-order valence-corrected chi connectivity index (χ0v) is 9.87. The van der Waals surface area contributed by atoms with Crippen LogP contribution >= 0.6 is 0 Å². The first-order valence-corrected chi connectivity index (χ1v) is 5.16. The van der Waals surface area contributed by atoms with E-state index in [0.29, 0.717) is 0 Å². The van der Waals surface area contributed by atoms with Gasteiger partial charge in [0.1, 0.15) is 0 Å². The predicted octanol–water partition coefficient (Wildman–Crippen LogP) is -1.00. The molecule has 0 fully saturated rings. The lowest BCUT2D eigenvalue weighted by atomic mass is 10.1. The lowest BCUT2D eigenvalue weighted by molar-refractivity contribution is -0.125. The highest BCUT2D eigenvalue weighted by molar-refractivity contribution is 5.81. The predicted molar refractivity (Wildman–Crippen MR) is 59.2 cm³/mol. The quantitative estimate of drug-likeness (QED) is 0.544. The highest BCUT2D eigenvalue weighted by Crippen LogP contribution is 1.95. The van der Waals surface area contributed by atoms with Crippen LogP contribution in [0.5, 0.6) is 0 Å². The minimum atomic E-state index is -0.449. The van der Waals surface area contributed by atoms with Crippen molar-refractivity contribution in [3.05, 3.63) is 0 Å². The molecule has 0 saturated carbocycles. The monoisotopic (exact) mass is 229 g/mol. The molecule has 0 aliphatic heterocycles. The second-order valence-electron chi connectivity index (χ2n) is 3.89. The largest absolute Gasteiger partial charge is 0.369 e. The van der Waals surface area contributed by atoms with Gasteiger partial charge < -0.3 is 16.4 Å². The average Bonchev–Trinajstić information content (AvgIpc) is 2.21. The van der Waals surface area contributed by atoms with Crippen LogP contribution in [0.3, 0.4) is 0 Å². The first-order chi connectivity index (χ1) is 7.34. The maximum absolute atomic E-state index is 11.5. The summed E-state index contributed by atoms with van der Waals surface area (Å²) in [7, 11) is 0. The van der Waals surface area contributed by atoms with Gasteiger partial charge in [0.15, 0.2) is 0 Å². The van der Waals surface area contributed by atoms with Crippen LogP contribution in [0.1, 0.15) is 20.8 Å². The summed E-state index contributed by atoms with van der Waals surface area (Å²) >= 11 is 0. The number of rotatable bonds is 6. The summed E-state index contributed by atoms with van der Waals surface area (Å²) in [4.78, 5) is 32.8. The van der Waals surface area contributed by atoms with Crippen LogP contribution in [0.4, 0.5) is 0 Å². The van der Waals surface area contributed by atoms with Crippen molar-refractivity contribution >= 4 is 17.7 Å². The Morgan fingerprint density at radius 3 is 2.00 bits per heavy atom. The number of hydrogen-bond acceptors (Lipinski definition) is 3. The SMILES string of the molecule is CC(=O)NC[C@H](C)C(=O)NC[C@H](C)C(N)=O. The molecule has 0 aromatic heterocycles. The molecule has 16 heavy (non-hydrogen) atoms. The van der Waals surface area contributed by atoms with E-state index >= 15 is 0 Å². The Morgan fingerprint density at radius 2 is 1.56 bits per heavy atom. The van der Waals surface area contributed by atoms with E-state index in [1.165, 1.54) is 6.92 Å². The molecule has 3 amide bonds. The molecule has 0 spiro atoms. The van der Waals surface area contributed by atoms with Crippen LogP contribution in [-0.4, -0.2) is 30.8 Å². The molecule has 0 aliphatic rings. The van der Waals surface area contributed by atoms with E-state index in [0.717, 1.165) is 0 Å². The van der Waals surface area contributed by atoms with Gasteiger partial charge in [0.2, 0.25) is 17.7 Å². The first kappa shape index (κ1) is 14.4. The van der Waals surface area contributed by atoms with Crippen molar-refractivity contribution in [1.82, 2.24) is 10.6 Å². The Bertz CT molecular complexity index is 278. The Kier molecular flexibility index (Phi) is 6.14. The first-order valence-electron chi connectivity index (χ1n) is 5.16. The minimum Gasteiger partial charge on any atom is -0.369 e. The smallest absolute Gasteiger partial charge is 0.224 e. The molecule has 0 radical (unpaired) electrons. The Labute approximate surface area is 94.9 Å². The molecule has 0 heterocycles. The number of nitrogens with two attached hydrogens (primary N) is 1. The van der Waals surface area contributed by atoms with Crippen LogP contribution in [0.2, 0.25) is 0 Å². The summed E-state index contributed by atoms with van der Waals surface area (Å²) in [6, 6.07) is 0. The molecular weight excluding hydrogens is 210 g/mol. The maximum Gasteiger partial charge on any atom is 0.224 e. The Balaban J connectivity index is 3.87. The van der Waals surface area contributed by atoms with Crippen molar-refractivity contribution in [2.24, 2.45) is 17.6 Å². The van der Waals surface area contributed by atoms with Gasteiger partial charge in [-0.2, -0.15) is 0 Å². The summed E-state index contributed by atoms with van der Waals surface area (Å²) in [5, 5.41) is 5.14. The van der Waals surface area contributed by atoms with Crippen molar-refractivity contribution in [3.63, 3.8) is 0 Å². The third-order valence-electron chi connectivity index (χ3n) is 2.17. The number of carbonyl (C=O) groups excluding carboxylic acids is 3. The third-order valence-corrected chi connectivity index (χ3v) is 2.17. The second-order valence-corrected chi connectivity index (χ2v) is 3.89. The Hall–Kier alpha value is -1.59. The number of nitrogens with one attached hydrogen (secondary N) is 2.